The number of rotatable bonds is 5. The van der Waals surface area contributed by atoms with E-state index in [2.05, 4.69) is 9.76 Å². The van der Waals surface area contributed by atoms with E-state index in [1.54, 1.807) is 0 Å². The van der Waals surface area contributed by atoms with Crippen molar-refractivity contribution in [2.75, 3.05) is 26.7 Å². The van der Waals surface area contributed by atoms with Crippen LogP contribution in [0.4, 0.5) is 4.79 Å². The molecule has 130 valence electrons. The molecule has 12 heteroatoms. The van der Waals surface area contributed by atoms with Gasteiger partial charge in [0.25, 0.3) is 5.91 Å². The summed E-state index contributed by atoms with van der Waals surface area (Å²) in [5, 5.41) is 0.602. The number of nitrogens with one attached hydrogen (secondary N) is 1. The van der Waals surface area contributed by atoms with Crippen LogP contribution in [0.2, 0.25) is 0 Å². The molecule has 2 N–H and O–H groups in total. The molecule has 0 spiro atoms. The monoisotopic (exact) mass is 350 g/mol. The predicted molar refractivity (Wildman–Crippen MR) is 73.9 cm³/mol. The van der Waals surface area contributed by atoms with E-state index in [4.69, 9.17) is 9.39 Å². The lowest BCUT2D eigenvalue weighted by atomic mass is 10.0. The molecule has 0 aliphatic carbocycles. The van der Waals surface area contributed by atoms with E-state index in [9.17, 15) is 18.0 Å². The van der Waals surface area contributed by atoms with Gasteiger partial charge in [-0.1, -0.05) is 0 Å². The Morgan fingerprint density at radius 2 is 2.00 bits per heavy atom. The molecule has 0 unspecified atom stereocenters. The van der Waals surface area contributed by atoms with Crippen molar-refractivity contribution in [1.82, 2.24) is 20.3 Å². The van der Waals surface area contributed by atoms with Gasteiger partial charge in [0.15, 0.2) is 0 Å². The topological polar surface area (TPSA) is 129 Å². The van der Waals surface area contributed by atoms with Gasteiger partial charge in [0.05, 0.1) is 6.04 Å². The largest absolute Gasteiger partial charge is 0.418 e. The Morgan fingerprint density at radius 3 is 2.61 bits per heavy atom. The number of hydrogen-bond acceptors (Lipinski definition) is 7. The van der Waals surface area contributed by atoms with Crippen LogP contribution in [0.3, 0.4) is 0 Å². The lowest BCUT2D eigenvalue weighted by Gasteiger charge is -2.36. The number of hydrogen-bond donors (Lipinski definition) is 2. The fourth-order valence-corrected chi connectivity index (χ4v) is 3.42. The van der Waals surface area contributed by atoms with E-state index in [0.717, 1.165) is 0 Å². The van der Waals surface area contributed by atoms with Crippen molar-refractivity contribution in [1.29, 1.82) is 0 Å². The summed E-state index contributed by atoms with van der Waals surface area (Å²) in [6, 6.07) is -2.05. The zero-order chi connectivity index (χ0) is 16.8. The zero-order valence-corrected chi connectivity index (χ0v) is 13.2. The number of carbonyl (C=O) groups is 2. The summed E-state index contributed by atoms with van der Waals surface area (Å²) < 4.78 is 34.6. The summed E-state index contributed by atoms with van der Waals surface area (Å²) in [6.45, 7) is 1.58. The summed E-state index contributed by atoms with van der Waals surface area (Å²) in [7, 11) is -2.86. The predicted octanol–water partition coefficient (Wildman–Crippen LogP) is -1.65. The van der Waals surface area contributed by atoms with E-state index in [-0.39, 0.29) is 12.6 Å². The van der Waals surface area contributed by atoms with E-state index in [1.165, 1.54) is 4.90 Å². The zero-order valence-electron chi connectivity index (χ0n) is 12.4. The standard InChI is InChI=1S/C11H18N4O7S/c1-13-5-8(6-13)21-12-10(16)9-3-2-7-4-14(9)11(17)15(7)22-23(18,19)20/h7-9H,2-6H2,1H3,(H,12,16)(H,18,19,20)/t7-,9+/m1/s1. The smallest absolute Gasteiger partial charge is 0.309 e. The van der Waals surface area contributed by atoms with Gasteiger partial charge in [0.1, 0.15) is 12.1 Å². The van der Waals surface area contributed by atoms with E-state index in [0.29, 0.717) is 31.0 Å². The average molecular weight is 350 g/mol. The van der Waals surface area contributed by atoms with Gasteiger partial charge in [-0.25, -0.2) is 10.3 Å². The fraction of sp³-hybridized carbons (Fsp3) is 0.818. The summed E-state index contributed by atoms with van der Waals surface area (Å²) in [5.74, 6) is -0.458. The Kier molecular flexibility index (Phi) is 4.18. The second-order valence-electron chi connectivity index (χ2n) is 5.94. The third-order valence-corrected chi connectivity index (χ3v) is 4.51. The maximum Gasteiger partial charge on any atom is 0.418 e. The third-order valence-electron chi connectivity index (χ3n) is 4.16. The second-order valence-corrected chi connectivity index (χ2v) is 6.94. The van der Waals surface area contributed by atoms with Gasteiger partial charge in [-0.2, -0.15) is 13.5 Å². The van der Waals surface area contributed by atoms with Gasteiger partial charge in [0, 0.05) is 19.6 Å². The summed E-state index contributed by atoms with van der Waals surface area (Å²) in [5.41, 5.74) is 2.35. The quantitative estimate of drug-likeness (QED) is 0.446. The molecule has 3 heterocycles. The van der Waals surface area contributed by atoms with Crippen molar-refractivity contribution >= 4 is 22.3 Å². The lowest BCUT2D eigenvalue weighted by molar-refractivity contribution is -0.152. The number of nitrogens with zero attached hydrogens (tertiary/aromatic N) is 3. The molecular weight excluding hydrogens is 332 g/mol. The molecule has 3 aliphatic heterocycles. The molecule has 3 fully saturated rings. The first-order valence-electron chi connectivity index (χ1n) is 7.15. The number of hydroxylamine groups is 3. The Balaban J connectivity index is 1.58. The van der Waals surface area contributed by atoms with Crippen molar-refractivity contribution in [3.05, 3.63) is 0 Å². The minimum absolute atomic E-state index is 0.0751. The van der Waals surface area contributed by atoms with Crippen LogP contribution in [0.5, 0.6) is 0 Å². The molecule has 0 radical (unpaired) electrons. The highest BCUT2D eigenvalue weighted by Gasteiger charge is 2.49. The minimum atomic E-state index is -4.79. The van der Waals surface area contributed by atoms with Crippen molar-refractivity contribution in [3.8, 4) is 0 Å². The molecule has 2 bridgehead atoms. The maximum absolute atomic E-state index is 12.2. The minimum Gasteiger partial charge on any atom is -0.309 e. The normalized spacial score (nSPS) is 28.9. The maximum atomic E-state index is 12.2. The number of amides is 3. The highest BCUT2D eigenvalue weighted by Crippen LogP contribution is 2.30. The molecule has 3 rings (SSSR count). The van der Waals surface area contributed by atoms with Gasteiger partial charge < -0.3 is 9.80 Å². The van der Waals surface area contributed by atoms with Gasteiger partial charge >= 0.3 is 16.4 Å². The van der Waals surface area contributed by atoms with Crippen LogP contribution >= 0.6 is 0 Å². The van der Waals surface area contributed by atoms with Gasteiger partial charge in [-0.05, 0) is 19.9 Å². The van der Waals surface area contributed by atoms with Crippen LogP contribution in [-0.4, -0.2) is 84.6 Å². The molecule has 3 saturated heterocycles. The molecule has 23 heavy (non-hydrogen) atoms. The Bertz CT molecular complexity index is 605. The first kappa shape index (κ1) is 16.4. The van der Waals surface area contributed by atoms with Crippen molar-refractivity contribution in [3.63, 3.8) is 0 Å². The van der Waals surface area contributed by atoms with E-state index >= 15 is 0 Å². The number of urea groups is 1. The Hall–Kier alpha value is -1.47. The summed E-state index contributed by atoms with van der Waals surface area (Å²) in [4.78, 5) is 32.8. The molecule has 3 aliphatic rings. The molecule has 11 nitrogen and oxygen atoms in total. The number of piperidine rings is 1. The van der Waals surface area contributed by atoms with E-state index in [1.807, 2.05) is 11.9 Å². The Labute approximate surface area is 132 Å². The molecule has 3 amide bonds. The van der Waals surface area contributed by atoms with Crippen molar-refractivity contribution < 1.29 is 31.7 Å². The van der Waals surface area contributed by atoms with Gasteiger partial charge in [-0.15, -0.1) is 4.28 Å². The van der Waals surface area contributed by atoms with Gasteiger partial charge in [-0.3, -0.25) is 14.2 Å². The molecular formula is C11H18N4O7S. The van der Waals surface area contributed by atoms with Crippen LogP contribution in [-0.2, 0) is 24.3 Å². The molecule has 0 aromatic rings. The second kappa shape index (κ2) is 5.87. The molecule has 2 atom stereocenters. The van der Waals surface area contributed by atoms with Crippen LogP contribution < -0.4 is 5.48 Å². The summed E-state index contributed by atoms with van der Waals surface area (Å²) in [6.07, 6.45) is 0.651. The highest BCUT2D eigenvalue weighted by molar-refractivity contribution is 7.80. The molecule has 0 saturated carbocycles. The number of likely N-dealkylation sites (tertiary alicyclic amines) is 1. The lowest BCUT2D eigenvalue weighted by Crippen LogP contribution is -2.55. The third kappa shape index (κ3) is 3.40. The van der Waals surface area contributed by atoms with Crippen molar-refractivity contribution in [2.24, 2.45) is 0 Å². The van der Waals surface area contributed by atoms with Crippen LogP contribution in [0.25, 0.3) is 0 Å². The molecule has 0 aromatic heterocycles. The molecule has 0 aromatic carbocycles. The fourth-order valence-electron chi connectivity index (χ4n) is 3.03. The summed E-state index contributed by atoms with van der Waals surface area (Å²) >= 11 is 0. The van der Waals surface area contributed by atoms with Crippen LogP contribution in [0.15, 0.2) is 0 Å². The number of likely N-dealkylation sites (N-methyl/N-ethyl adjacent to an activating group) is 1. The number of fused-ring (bicyclic) bond motifs is 2. The Morgan fingerprint density at radius 1 is 1.30 bits per heavy atom. The van der Waals surface area contributed by atoms with Crippen molar-refractivity contribution in [2.45, 2.75) is 31.0 Å². The van der Waals surface area contributed by atoms with Gasteiger partial charge in [0.2, 0.25) is 0 Å². The SMILES string of the molecule is CN1CC(ONC(=O)[C@@H]2CC[C@@H]3CN2C(=O)N3OS(=O)(=O)O)C1. The first-order valence-corrected chi connectivity index (χ1v) is 8.52. The van der Waals surface area contributed by atoms with Crippen LogP contribution in [0.1, 0.15) is 12.8 Å². The first-order chi connectivity index (χ1) is 10.7. The van der Waals surface area contributed by atoms with Crippen LogP contribution in [0, 0.1) is 0 Å². The highest BCUT2D eigenvalue weighted by atomic mass is 32.3. The average Bonchev–Trinajstić information content (AvgIpc) is 2.66. The number of carbonyl (C=O) groups excluding carboxylic acids is 2. The van der Waals surface area contributed by atoms with E-state index < -0.39 is 34.4 Å².